The van der Waals surface area contributed by atoms with Crippen molar-refractivity contribution in [1.82, 2.24) is 19.9 Å². The summed E-state index contributed by atoms with van der Waals surface area (Å²) in [4.78, 5) is 29.6. The minimum Gasteiger partial charge on any atom is -0.494 e. The third kappa shape index (κ3) is 6.93. The maximum absolute atomic E-state index is 14.6. The van der Waals surface area contributed by atoms with Gasteiger partial charge in [-0.15, -0.1) is 0 Å². The van der Waals surface area contributed by atoms with Crippen LogP contribution in [0.4, 0.5) is 14.5 Å². The van der Waals surface area contributed by atoms with Gasteiger partial charge in [0.25, 0.3) is 11.8 Å². The van der Waals surface area contributed by atoms with Crippen LogP contribution in [0.1, 0.15) is 34.3 Å². The molecule has 0 fully saturated rings. The number of imidazole rings is 1. The first kappa shape index (κ1) is 30.1. The smallest absolute Gasteiger partial charge is 0.291 e. The van der Waals surface area contributed by atoms with Gasteiger partial charge in [0.2, 0.25) is 5.82 Å². The molecule has 0 radical (unpaired) electrons. The highest BCUT2D eigenvalue weighted by Gasteiger charge is 2.21. The van der Waals surface area contributed by atoms with Gasteiger partial charge in [0, 0.05) is 24.8 Å². The molecule has 0 spiro atoms. The molecule has 0 saturated carbocycles. The van der Waals surface area contributed by atoms with E-state index in [0.29, 0.717) is 18.7 Å². The number of quaternary nitrogens is 1. The van der Waals surface area contributed by atoms with Crippen molar-refractivity contribution in [2.75, 3.05) is 32.6 Å². The number of benzene rings is 2. The molecule has 3 rings (SSSR count). The lowest BCUT2D eigenvalue weighted by atomic mass is 10.1. The molecule has 2 amide bonds. The van der Waals surface area contributed by atoms with Crippen molar-refractivity contribution >= 4 is 29.1 Å². The number of nitrogens with zero attached hydrogens (tertiary/aromatic N) is 4. The van der Waals surface area contributed by atoms with Gasteiger partial charge in [-0.05, 0) is 42.8 Å². The number of nitriles is 1. The number of nitrogens with two attached hydrogens (primary N) is 1. The molecule has 40 heavy (non-hydrogen) atoms. The lowest BCUT2D eigenvalue weighted by Gasteiger charge is -2.15. The topological polar surface area (TPSA) is 129 Å². The van der Waals surface area contributed by atoms with Crippen molar-refractivity contribution in [2.24, 2.45) is 7.05 Å². The van der Waals surface area contributed by atoms with Gasteiger partial charge in [-0.1, -0.05) is 11.6 Å². The molecule has 10 nitrogen and oxygen atoms in total. The second kappa shape index (κ2) is 13.5. The summed E-state index contributed by atoms with van der Waals surface area (Å²) in [6.07, 6.45) is 3.49. The maximum atomic E-state index is 14.6. The van der Waals surface area contributed by atoms with E-state index in [9.17, 15) is 18.4 Å². The fraction of sp³-hybridized carbons (Fsp3) is 0.259. The van der Waals surface area contributed by atoms with E-state index in [4.69, 9.17) is 21.6 Å². The molecule has 0 aliphatic heterocycles. The van der Waals surface area contributed by atoms with Gasteiger partial charge in [0.05, 0.1) is 61.9 Å². The van der Waals surface area contributed by atoms with E-state index in [-0.39, 0.29) is 40.0 Å². The van der Waals surface area contributed by atoms with E-state index >= 15 is 0 Å². The number of hydrogen-bond acceptors (Lipinski definition) is 6. The van der Waals surface area contributed by atoms with Gasteiger partial charge >= 0.3 is 0 Å². The summed E-state index contributed by atoms with van der Waals surface area (Å²) in [7, 11) is 4.58. The fourth-order valence-electron chi connectivity index (χ4n) is 3.81. The molecule has 0 aliphatic carbocycles. The van der Waals surface area contributed by atoms with Crippen molar-refractivity contribution in [1.29, 1.82) is 5.26 Å². The molecule has 0 aliphatic rings. The van der Waals surface area contributed by atoms with Crippen LogP contribution >= 0.6 is 11.6 Å². The highest BCUT2D eigenvalue weighted by atomic mass is 35.5. The van der Waals surface area contributed by atoms with Gasteiger partial charge < -0.3 is 19.9 Å². The van der Waals surface area contributed by atoms with E-state index in [1.165, 1.54) is 55.3 Å². The lowest BCUT2D eigenvalue weighted by molar-refractivity contribution is -0.770. The number of carbonyl (C=O) groups excluding carboxylic acids is 2. The standard InChI is InChI=1S/C27H28ClF2N7O3/c1-16(15-37(32-2)11-5-10-31)13-34-26(38)18-7-6-17(12-20(18)28)35-27(39)25-33-14-21(36(25)3)19-8-9-22(40-4)24(30)23(19)29/h6-9,12,14-15,32H,5,11,13H2,1-4H3,(H,34,38)(H,35,39)/p+1/b16-15+. The van der Waals surface area contributed by atoms with Crippen LogP contribution in [0.3, 0.4) is 0 Å². The second-order valence-electron chi connectivity index (χ2n) is 8.68. The molecular weight excluding hydrogens is 544 g/mol. The zero-order valence-corrected chi connectivity index (χ0v) is 23.1. The quantitative estimate of drug-likeness (QED) is 0.239. The first-order valence-electron chi connectivity index (χ1n) is 12.1. The first-order valence-corrected chi connectivity index (χ1v) is 12.5. The van der Waals surface area contributed by atoms with E-state index in [1.54, 1.807) is 0 Å². The van der Waals surface area contributed by atoms with Crippen molar-refractivity contribution in [2.45, 2.75) is 13.3 Å². The van der Waals surface area contributed by atoms with Crippen molar-refractivity contribution in [3.8, 4) is 23.1 Å². The van der Waals surface area contributed by atoms with Crippen molar-refractivity contribution < 1.29 is 28.5 Å². The number of carbonyl (C=O) groups is 2. The molecule has 210 valence electrons. The number of ether oxygens (including phenoxy) is 1. The predicted molar refractivity (Wildman–Crippen MR) is 145 cm³/mol. The van der Waals surface area contributed by atoms with Crippen LogP contribution in [-0.4, -0.2) is 53.6 Å². The largest absolute Gasteiger partial charge is 0.494 e. The molecule has 0 saturated heterocycles. The zero-order chi connectivity index (χ0) is 29.4. The minimum absolute atomic E-state index is 0.0565. The molecule has 2 aromatic carbocycles. The number of methoxy groups -OCH3 is 1. The van der Waals surface area contributed by atoms with Crippen molar-refractivity contribution in [3.05, 3.63) is 76.3 Å². The Bertz CT molecular complexity index is 1480. The normalized spacial score (nSPS) is 11.1. The predicted octanol–water partition coefficient (Wildman–Crippen LogP) is 3.24. The average Bonchev–Trinajstić information content (AvgIpc) is 3.32. The highest BCUT2D eigenvalue weighted by Crippen LogP contribution is 2.30. The van der Waals surface area contributed by atoms with E-state index in [2.05, 4.69) is 21.7 Å². The summed E-state index contributed by atoms with van der Waals surface area (Å²) >= 11 is 6.33. The Balaban J connectivity index is 1.68. The second-order valence-corrected chi connectivity index (χ2v) is 9.09. The highest BCUT2D eigenvalue weighted by molar-refractivity contribution is 6.34. The SMILES string of the molecule is C[NH2+]N(/C=C(\C)CNC(=O)c1ccc(NC(=O)c2ncc(-c3ccc(OC)c(F)c3F)n2C)cc1Cl)CCC#N. The summed E-state index contributed by atoms with van der Waals surface area (Å²) in [6.45, 7) is 2.67. The van der Waals surface area contributed by atoms with Gasteiger partial charge in [0.1, 0.15) is 0 Å². The van der Waals surface area contributed by atoms with E-state index < -0.39 is 23.4 Å². The molecule has 3 aromatic rings. The number of rotatable bonds is 11. The van der Waals surface area contributed by atoms with Gasteiger partial charge in [-0.25, -0.2) is 19.8 Å². The molecule has 1 heterocycles. The lowest BCUT2D eigenvalue weighted by Crippen LogP contribution is -2.88. The summed E-state index contributed by atoms with van der Waals surface area (Å²) in [5, 5.41) is 16.2. The Morgan fingerprint density at radius 1 is 1.25 bits per heavy atom. The number of anilines is 1. The van der Waals surface area contributed by atoms with Crippen LogP contribution in [0.2, 0.25) is 5.02 Å². The number of hydrogen-bond donors (Lipinski definition) is 3. The molecule has 13 heteroatoms. The van der Waals surface area contributed by atoms with Gasteiger partial charge in [-0.2, -0.15) is 9.65 Å². The first-order chi connectivity index (χ1) is 19.1. The van der Waals surface area contributed by atoms with E-state index in [0.717, 1.165) is 5.57 Å². The average molecular weight is 573 g/mol. The van der Waals surface area contributed by atoms with Crippen LogP contribution in [0, 0.1) is 23.0 Å². The summed E-state index contributed by atoms with van der Waals surface area (Å²) < 4.78 is 34.9. The fourth-order valence-corrected chi connectivity index (χ4v) is 4.08. The van der Waals surface area contributed by atoms with Crippen molar-refractivity contribution in [3.63, 3.8) is 0 Å². The van der Waals surface area contributed by atoms with Crippen LogP contribution in [0.15, 0.2) is 48.3 Å². The molecule has 4 N–H and O–H groups in total. The zero-order valence-electron chi connectivity index (χ0n) is 22.4. The molecule has 0 atom stereocenters. The molecule has 0 unspecified atom stereocenters. The Morgan fingerprint density at radius 2 is 2.00 bits per heavy atom. The third-order valence-corrected chi connectivity index (χ3v) is 6.25. The van der Waals surface area contributed by atoms with Gasteiger partial charge in [-0.3, -0.25) is 9.59 Å². The third-order valence-electron chi connectivity index (χ3n) is 5.93. The Hall–Kier alpha value is -4.47. The Kier molecular flexibility index (Phi) is 10.2. The van der Waals surface area contributed by atoms with Crippen LogP contribution < -0.4 is 20.8 Å². The minimum atomic E-state index is -1.14. The Labute approximate surface area is 235 Å². The van der Waals surface area contributed by atoms with E-state index in [1.807, 2.05) is 30.6 Å². The maximum Gasteiger partial charge on any atom is 0.291 e. The Morgan fingerprint density at radius 3 is 2.65 bits per heavy atom. The van der Waals surface area contributed by atoms with Gasteiger partial charge in [0.15, 0.2) is 17.4 Å². The number of aromatic nitrogens is 2. The summed E-state index contributed by atoms with van der Waals surface area (Å²) in [5.74, 6) is -3.59. The van der Waals surface area contributed by atoms with Crippen LogP contribution in [0.25, 0.3) is 11.3 Å². The monoisotopic (exact) mass is 572 g/mol. The van der Waals surface area contributed by atoms with Crippen LogP contribution in [0.5, 0.6) is 5.75 Å². The molecule has 0 bridgehead atoms. The number of halogens is 3. The number of amides is 2. The summed E-state index contributed by atoms with van der Waals surface area (Å²) in [5.41, 5.74) is 3.33. The molecular formula is C27H29ClF2N7O3+. The number of nitrogens with one attached hydrogen (secondary N) is 2. The summed E-state index contributed by atoms with van der Waals surface area (Å²) in [6, 6.07) is 9.13. The van der Waals surface area contributed by atoms with Crippen LogP contribution in [-0.2, 0) is 7.05 Å². The molecule has 1 aromatic heterocycles.